The Bertz CT molecular complexity index is 617. The van der Waals surface area contributed by atoms with Gasteiger partial charge < -0.3 is 10.5 Å². The van der Waals surface area contributed by atoms with Gasteiger partial charge in [0.2, 0.25) is 0 Å². The maximum absolute atomic E-state index is 13.6. The summed E-state index contributed by atoms with van der Waals surface area (Å²) in [6, 6.07) is 9.25. The lowest BCUT2D eigenvalue weighted by atomic mass is 10.1. The molecule has 2 N–H and O–H groups in total. The number of hydrogen-bond donors (Lipinski definition) is 1. The Morgan fingerprint density at radius 2 is 2.00 bits per heavy atom. The van der Waals surface area contributed by atoms with Gasteiger partial charge in [-0.1, -0.05) is 34.1 Å². The van der Waals surface area contributed by atoms with Crippen LogP contribution < -0.4 is 10.5 Å². The molecule has 0 aliphatic rings. The van der Waals surface area contributed by atoms with E-state index in [1.165, 1.54) is 12.1 Å². The van der Waals surface area contributed by atoms with Gasteiger partial charge in [0.05, 0.1) is 0 Å². The van der Waals surface area contributed by atoms with Gasteiger partial charge in [-0.2, -0.15) is 0 Å². The third-order valence-corrected chi connectivity index (χ3v) is 3.37. The summed E-state index contributed by atoms with van der Waals surface area (Å²) in [7, 11) is 0. The van der Waals surface area contributed by atoms with E-state index in [-0.39, 0.29) is 18.2 Å². The van der Waals surface area contributed by atoms with Crippen molar-refractivity contribution >= 4 is 15.9 Å². The van der Waals surface area contributed by atoms with E-state index in [0.29, 0.717) is 5.75 Å². The SMILES string of the molecule is C[C@H](N)c1ccc(Br)cc1OCc1cccc(F)c1F. The van der Waals surface area contributed by atoms with Crippen LogP contribution in [0.4, 0.5) is 8.78 Å². The van der Waals surface area contributed by atoms with Crippen LogP contribution >= 0.6 is 15.9 Å². The van der Waals surface area contributed by atoms with Crippen LogP contribution in [-0.4, -0.2) is 0 Å². The molecule has 5 heteroatoms. The van der Waals surface area contributed by atoms with Gasteiger partial charge in [0.1, 0.15) is 12.4 Å². The molecule has 0 saturated heterocycles. The fourth-order valence-corrected chi connectivity index (χ4v) is 2.16. The summed E-state index contributed by atoms with van der Waals surface area (Å²) >= 11 is 3.34. The molecule has 0 radical (unpaired) electrons. The maximum Gasteiger partial charge on any atom is 0.165 e. The number of halogens is 3. The Morgan fingerprint density at radius 1 is 1.25 bits per heavy atom. The summed E-state index contributed by atoms with van der Waals surface area (Å²) in [5.41, 5.74) is 6.84. The zero-order valence-electron chi connectivity index (χ0n) is 10.9. The summed E-state index contributed by atoms with van der Waals surface area (Å²) < 4.78 is 33.1. The average molecular weight is 342 g/mol. The second-order valence-corrected chi connectivity index (χ2v) is 5.39. The first-order valence-electron chi connectivity index (χ1n) is 6.09. The van der Waals surface area contributed by atoms with Crippen molar-refractivity contribution in [3.8, 4) is 5.75 Å². The van der Waals surface area contributed by atoms with Crippen molar-refractivity contribution in [1.82, 2.24) is 0 Å². The number of benzene rings is 2. The fourth-order valence-electron chi connectivity index (χ4n) is 1.82. The van der Waals surface area contributed by atoms with E-state index in [4.69, 9.17) is 10.5 Å². The molecular formula is C15H14BrF2NO. The molecule has 0 bridgehead atoms. The lowest BCUT2D eigenvalue weighted by Gasteiger charge is -2.15. The van der Waals surface area contributed by atoms with Crippen molar-refractivity contribution in [2.45, 2.75) is 19.6 Å². The molecule has 20 heavy (non-hydrogen) atoms. The highest BCUT2D eigenvalue weighted by Gasteiger charge is 2.12. The lowest BCUT2D eigenvalue weighted by molar-refractivity contribution is 0.292. The molecule has 2 aromatic carbocycles. The van der Waals surface area contributed by atoms with Crippen molar-refractivity contribution < 1.29 is 13.5 Å². The molecule has 0 aliphatic heterocycles. The quantitative estimate of drug-likeness (QED) is 0.898. The molecule has 2 nitrogen and oxygen atoms in total. The van der Waals surface area contributed by atoms with Crippen LogP contribution in [-0.2, 0) is 6.61 Å². The largest absolute Gasteiger partial charge is 0.488 e. The monoisotopic (exact) mass is 341 g/mol. The summed E-state index contributed by atoms with van der Waals surface area (Å²) in [4.78, 5) is 0. The first-order chi connectivity index (χ1) is 9.49. The normalized spacial score (nSPS) is 12.2. The van der Waals surface area contributed by atoms with Crippen LogP contribution in [0.1, 0.15) is 24.1 Å². The Kier molecular flexibility index (Phi) is 4.73. The number of ether oxygens (including phenoxy) is 1. The third-order valence-electron chi connectivity index (χ3n) is 2.88. The number of nitrogens with two attached hydrogens (primary N) is 1. The molecule has 1 atom stereocenters. The van der Waals surface area contributed by atoms with Crippen LogP contribution in [0.3, 0.4) is 0 Å². The van der Waals surface area contributed by atoms with Crippen LogP contribution in [0.2, 0.25) is 0 Å². The van der Waals surface area contributed by atoms with Crippen LogP contribution in [0.25, 0.3) is 0 Å². The zero-order valence-corrected chi connectivity index (χ0v) is 12.5. The van der Waals surface area contributed by atoms with E-state index < -0.39 is 11.6 Å². The Balaban J connectivity index is 2.22. The molecule has 0 unspecified atom stereocenters. The molecule has 0 fully saturated rings. The minimum Gasteiger partial charge on any atom is -0.488 e. The van der Waals surface area contributed by atoms with Gasteiger partial charge in [-0.05, 0) is 25.1 Å². The standard InChI is InChI=1S/C15H14BrF2NO/c1-9(19)12-6-5-11(16)7-14(12)20-8-10-3-2-4-13(17)15(10)18/h2-7,9H,8,19H2,1H3/t9-/m0/s1. The number of rotatable bonds is 4. The molecule has 0 aliphatic carbocycles. The Morgan fingerprint density at radius 3 is 2.70 bits per heavy atom. The van der Waals surface area contributed by atoms with Crippen molar-refractivity contribution in [3.05, 3.63) is 63.6 Å². The van der Waals surface area contributed by atoms with E-state index in [0.717, 1.165) is 16.1 Å². The van der Waals surface area contributed by atoms with Gasteiger partial charge in [-0.3, -0.25) is 0 Å². The van der Waals surface area contributed by atoms with E-state index >= 15 is 0 Å². The van der Waals surface area contributed by atoms with Crippen molar-refractivity contribution in [2.75, 3.05) is 0 Å². The molecule has 0 saturated carbocycles. The molecular weight excluding hydrogens is 328 g/mol. The first-order valence-corrected chi connectivity index (χ1v) is 6.89. The van der Waals surface area contributed by atoms with Gasteiger partial charge in [-0.25, -0.2) is 8.78 Å². The highest BCUT2D eigenvalue weighted by Crippen LogP contribution is 2.28. The van der Waals surface area contributed by atoms with E-state index in [1.807, 2.05) is 19.1 Å². The topological polar surface area (TPSA) is 35.2 Å². The second-order valence-electron chi connectivity index (χ2n) is 4.47. The minimum absolute atomic E-state index is 0.0558. The highest BCUT2D eigenvalue weighted by atomic mass is 79.9. The predicted octanol–water partition coefficient (Wildman–Crippen LogP) is 4.33. The van der Waals surface area contributed by atoms with Crippen molar-refractivity contribution in [1.29, 1.82) is 0 Å². The van der Waals surface area contributed by atoms with E-state index in [9.17, 15) is 8.78 Å². The second kappa shape index (κ2) is 6.33. The Hall–Kier alpha value is -1.46. The minimum atomic E-state index is -0.884. The maximum atomic E-state index is 13.6. The fraction of sp³-hybridized carbons (Fsp3) is 0.200. The van der Waals surface area contributed by atoms with Gasteiger partial charge in [-0.15, -0.1) is 0 Å². The molecule has 2 rings (SSSR count). The molecule has 0 heterocycles. The summed E-state index contributed by atoms with van der Waals surface area (Å²) in [5, 5.41) is 0. The first kappa shape index (κ1) is 14.9. The van der Waals surface area contributed by atoms with E-state index in [1.54, 1.807) is 6.07 Å². The van der Waals surface area contributed by atoms with Crippen molar-refractivity contribution in [2.24, 2.45) is 5.73 Å². The van der Waals surface area contributed by atoms with Crippen LogP contribution in [0.15, 0.2) is 40.9 Å². The molecule has 106 valence electrons. The average Bonchev–Trinajstić information content (AvgIpc) is 2.40. The highest BCUT2D eigenvalue weighted by molar-refractivity contribution is 9.10. The molecule has 0 amide bonds. The molecule has 2 aromatic rings. The summed E-state index contributed by atoms with van der Waals surface area (Å²) in [6.07, 6.45) is 0. The van der Waals surface area contributed by atoms with Crippen LogP contribution in [0.5, 0.6) is 5.75 Å². The number of hydrogen-bond acceptors (Lipinski definition) is 2. The zero-order chi connectivity index (χ0) is 14.7. The van der Waals surface area contributed by atoms with Crippen LogP contribution in [0, 0.1) is 11.6 Å². The lowest BCUT2D eigenvalue weighted by Crippen LogP contribution is -2.08. The van der Waals surface area contributed by atoms with Crippen molar-refractivity contribution in [3.63, 3.8) is 0 Å². The summed E-state index contributed by atoms with van der Waals surface area (Å²) in [6.45, 7) is 1.78. The third kappa shape index (κ3) is 3.35. The van der Waals surface area contributed by atoms with Gasteiger partial charge >= 0.3 is 0 Å². The summed E-state index contributed by atoms with van der Waals surface area (Å²) in [5.74, 6) is -1.21. The Labute approximate surface area is 124 Å². The van der Waals surface area contributed by atoms with E-state index in [2.05, 4.69) is 15.9 Å². The van der Waals surface area contributed by atoms with Gasteiger partial charge in [0.15, 0.2) is 11.6 Å². The molecule has 0 aromatic heterocycles. The smallest absolute Gasteiger partial charge is 0.165 e. The predicted molar refractivity (Wildman–Crippen MR) is 77.4 cm³/mol. The van der Waals surface area contributed by atoms with Gasteiger partial charge in [0.25, 0.3) is 0 Å². The molecule has 0 spiro atoms. The van der Waals surface area contributed by atoms with Gasteiger partial charge in [0, 0.05) is 21.6 Å².